The van der Waals surface area contributed by atoms with Gasteiger partial charge in [0.15, 0.2) is 0 Å². The van der Waals surface area contributed by atoms with Gasteiger partial charge in [-0.15, -0.1) is 10.2 Å². The van der Waals surface area contributed by atoms with Gasteiger partial charge >= 0.3 is 0 Å². The fraction of sp³-hybridized carbons (Fsp3) is 0.0278. The lowest BCUT2D eigenvalue weighted by atomic mass is 9.83. The van der Waals surface area contributed by atoms with Gasteiger partial charge in [-0.25, -0.2) is 18.6 Å². The molecule has 0 saturated carbocycles. The second-order valence-electron chi connectivity index (χ2n) is 9.59. The van der Waals surface area contributed by atoms with Gasteiger partial charge in [-0.2, -0.15) is 4.57 Å². The summed E-state index contributed by atoms with van der Waals surface area (Å²) >= 11 is 0. The van der Waals surface area contributed by atoms with Crippen LogP contribution in [0.3, 0.4) is 0 Å². The summed E-state index contributed by atoms with van der Waals surface area (Å²) in [5.74, 6) is 0. The molecule has 6 rings (SSSR count). The second-order valence-corrected chi connectivity index (χ2v) is 10.3. The van der Waals surface area contributed by atoms with Crippen LogP contribution in [0.4, 0.5) is 0 Å². The molecule has 6 heteroatoms. The van der Waals surface area contributed by atoms with E-state index in [-0.39, 0.29) is 0 Å². The summed E-state index contributed by atoms with van der Waals surface area (Å²) in [4.78, 5) is 0. The minimum atomic E-state index is -4.94. The Morgan fingerprint density at radius 3 is 0.833 bits per heavy atom. The van der Waals surface area contributed by atoms with Crippen molar-refractivity contribution < 1.29 is 33.4 Å². The number of hydrogen-bond acceptors (Lipinski definition) is 4. The third kappa shape index (κ3) is 6.64. The fourth-order valence-electron chi connectivity index (χ4n) is 5.34. The molecule has 42 heavy (non-hydrogen) atoms. The number of aromatic nitrogens is 1. The Hall–Kier alpha value is -4.62. The Kier molecular flexibility index (Phi) is 8.88. The topological polar surface area (TPSA) is 96.1 Å². The van der Waals surface area contributed by atoms with Gasteiger partial charge in [0.2, 0.25) is 11.4 Å². The van der Waals surface area contributed by atoms with Crippen molar-refractivity contribution in [2.75, 3.05) is 0 Å². The van der Waals surface area contributed by atoms with E-state index >= 15 is 0 Å². The van der Waals surface area contributed by atoms with Gasteiger partial charge in [0.25, 0.3) is 0 Å². The molecule has 1 aromatic heterocycles. The van der Waals surface area contributed by atoms with Crippen molar-refractivity contribution in [1.82, 2.24) is 0 Å². The molecule has 0 spiro atoms. The Bertz CT molecular complexity index is 1630. The van der Waals surface area contributed by atoms with Gasteiger partial charge in [0, 0.05) is 16.7 Å². The van der Waals surface area contributed by atoms with E-state index in [2.05, 4.69) is 163 Å². The van der Waals surface area contributed by atoms with E-state index in [1.807, 2.05) is 0 Å². The third-order valence-electron chi connectivity index (χ3n) is 6.93. The molecule has 208 valence electrons. The minimum Gasteiger partial charge on any atom is -0.222 e. The zero-order valence-corrected chi connectivity index (χ0v) is 23.6. The number of pyridine rings is 1. The molecule has 5 aromatic carbocycles. The number of halogens is 1. The van der Waals surface area contributed by atoms with Crippen molar-refractivity contribution in [2.45, 2.75) is 0 Å². The van der Waals surface area contributed by atoms with Crippen molar-refractivity contribution >= 4 is 0 Å². The van der Waals surface area contributed by atoms with Gasteiger partial charge in [0.05, 0.1) is 11.1 Å². The molecule has 1 heterocycles. The fourth-order valence-corrected chi connectivity index (χ4v) is 5.34. The lowest BCUT2D eigenvalue weighted by Crippen LogP contribution is -2.68. The van der Waals surface area contributed by atoms with Gasteiger partial charge in [-0.3, -0.25) is 0 Å². The number of hydrogen-bond donors (Lipinski definition) is 0. The molecule has 0 atom stereocenters. The van der Waals surface area contributed by atoms with E-state index in [0.717, 1.165) is 0 Å². The average Bonchev–Trinajstić information content (AvgIpc) is 3.02. The van der Waals surface area contributed by atoms with Crippen LogP contribution in [0.2, 0.25) is 0 Å². The molecular formula is C36H28ClNO4. The van der Waals surface area contributed by atoms with E-state index in [1.165, 1.54) is 55.9 Å². The smallest absolute Gasteiger partial charge is 0.221 e. The predicted molar refractivity (Wildman–Crippen MR) is 155 cm³/mol. The van der Waals surface area contributed by atoms with Crippen molar-refractivity contribution in [3.63, 3.8) is 0 Å². The molecule has 0 aliphatic carbocycles. The van der Waals surface area contributed by atoms with Crippen molar-refractivity contribution in [3.8, 4) is 55.9 Å². The quantitative estimate of drug-likeness (QED) is 0.290. The van der Waals surface area contributed by atoms with Crippen LogP contribution in [-0.4, -0.2) is 0 Å². The lowest BCUT2D eigenvalue weighted by molar-refractivity contribution is -2.00. The van der Waals surface area contributed by atoms with Crippen LogP contribution < -0.4 is 23.2 Å². The van der Waals surface area contributed by atoms with Crippen LogP contribution in [0.5, 0.6) is 0 Å². The van der Waals surface area contributed by atoms with E-state index in [1.54, 1.807) is 0 Å². The average molecular weight is 574 g/mol. The Morgan fingerprint density at radius 1 is 0.357 bits per heavy atom. The highest BCUT2D eigenvalue weighted by Crippen LogP contribution is 2.47. The summed E-state index contributed by atoms with van der Waals surface area (Å²) in [6.45, 7) is 0. The molecule has 0 bridgehead atoms. The van der Waals surface area contributed by atoms with Crippen LogP contribution >= 0.6 is 0 Å². The molecular weight excluding hydrogens is 546 g/mol. The first-order chi connectivity index (χ1) is 20.3. The summed E-state index contributed by atoms with van der Waals surface area (Å²) in [7, 11) is -2.74. The summed E-state index contributed by atoms with van der Waals surface area (Å²) in [5.41, 5.74) is 12.1. The number of benzene rings is 5. The van der Waals surface area contributed by atoms with Gasteiger partial charge < -0.3 is 0 Å². The van der Waals surface area contributed by atoms with Gasteiger partial charge in [-0.05, 0) is 41.0 Å². The first kappa shape index (κ1) is 28.9. The maximum Gasteiger partial charge on any atom is 0.221 e. The van der Waals surface area contributed by atoms with Crippen LogP contribution in [0.1, 0.15) is 0 Å². The van der Waals surface area contributed by atoms with E-state index < -0.39 is 10.2 Å². The molecule has 0 aliphatic heterocycles. The zero-order chi connectivity index (χ0) is 29.5. The second kappa shape index (κ2) is 12.9. The van der Waals surface area contributed by atoms with Crippen molar-refractivity contribution in [2.24, 2.45) is 7.05 Å². The first-order valence-corrected chi connectivity index (χ1v) is 14.5. The zero-order valence-electron chi connectivity index (χ0n) is 22.9. The Balaban J connectivity index is 0.000000652. The van der Waals surface area contributed by atoms with Gasteiger partial charge in [-0.1, -0.05) is 127 Å². The molecule has 0 radical (unpaired) electrons. The van der Waals surface area contributed by atoms with Crippen LogP contribution in [0.15, 0.2) is 152 Å². The molecule has 0 fully saturated rings. The molecule has 0 unspecified atom stereocenters. The van der Waals surface area contributed by atoms with Gasteiger partial charge in [0.1, 0.15) is 7.05 Å². The summed E-state index contributed by atoms with van der Waals surface area (Å²) in [6.07, 6.45) is 0. The molecule has 0 saturated heterocycles. The highest BCUT2D eigenvalue weighted by molar-refractivity contribution is 6.03. The van der Waals surface area contributed by atoms with Crippen molar-refractivity contribution in [3.05, 3.63) is 152 Å². The monoisotopic (exact) mass is 573 g/mol. The Labute approximate surface area is 247 Å². The number of rotatable bonds is 5. The standard InChI is InChI=1S/C36H28N.ClHO4/c1-37-35(30-23-13-5-14-24-30)33(28-19-9-3-10-20-28)32(27-17-7-2-8-18-27)34(29-21-11-4-12-22-29)36(37)31-25-15-6-16-26-31;2-1(3,4)5/h2-26H,1H3;(H,2,3,4,5)/q+1;/p-1. The van der Waals surface area contributed by atoms with Crippen LogP contribution in [0, 0.1) is 10.2 Å². The molecule has 5 nitrogen and oxygen atoms in total. The summed E-state index contributed by atoms with van der Waals surface area (Å²) < 4.78 is 36.4. The maximum absolute atomic E-state index is 8.49. The van der Waals surface area contributed by atoms with Crippen molar-refractivity contribution in [1.29, 1.82) is 0 Å². The largest absolute Gasteiger partial charge is 0.222 e. The van der Waals surface area contributed by atoms with E-state index in [9.17, 15) is 0 Å². The van der Waals surface area contributed by atoms with Crippen LogP contribution in [-0.2, 0) is 7.05 Å². The molecule has 0 amide bonds. The highest BCUT2D eigenvalue weighted by atomic mass is 35.7. The molecule has 0 aliphatic rings. The normalized spacial score (nSPS) is 11.0. The summed E-state index contributed by atoms with van der Waals surface area (Å²) in [6, 6.07) is 54.0. The minimum absolute atomic E-state index is 1.19. The number of nitrogens with zero attached hydrogens (tertiary/aromatic N) is 1. The molecule has 0 N–H and O–H groups in total. The first-order valence-electron chi connectivity index (χ1n) is 13.3. The van der Waals surface area contributed by atoms with Crippen LogP contribution in [0.25, 0.3) is 55.9 Å². The lowest BCUT2D eigenvalue weighted by Gasteiger charge is -2.22. The third-order valence-corrected chi connectivity index (χ3v) is 6.93. The van der Waals surface area contributed by atoms with E-state index in [0.29, 0.717) is 0 Å². The predicted octanol–water partition coefficient (Wildman–Crippen LogP) is 4.09. The molecule has 6 aromatic rings. The summed E-state index contributed by atoms with van der Waals surface area (Å²) in [5, 5.41) is 0. The maximum atomic E-state index is 8.49. The highest BCUT2D eigenvalue weighted by Gasteiger charge is 2.32. The van der Waals surface area contributed by atoms with E-state index in [4.69, 9.17) is 18.6 Å². The Morgan fingerprint density at radius 2 is 0.571 bits per heavy atom. The SMILES string of the molecule is C[n+]1c(-c2ccccc2)c(-c2ccccc2)c(-c2ccccc2)c(-c2ccccc2)c1-c1ccccc1.[O-][Cl+3]([O-])([O-])[O-].